The molecule has 1 fully saturated rings. The summed E-state index contributed by atoms with van der Waals surface area (Å²) in [4.78, 5) is 28.8. The van der Waals surface area contributed by atoms with Crippen LogP contribution in [0.5, 0.6) is 0 Å². The summed E-state index contributed by atoms with van der Waals surface area (Å²) in [6.45, 7) is 0.180. The van der Waals surface area contributed by atoms with Gasteiger partial charge in [-0.05, 0) is 12.8 Å². The number of nitro groups is 1. The number of nitrogens with one attached hydrogen (secondary N) is 2. The first-order valence-corrected chi connectivity index (χ1v) is 7.64. The van der Waals surface area contributed by atoms with E-state index in [1.807, 2.05) is 0 Å². The van der Waals surface area contributed by atoms with Crippen molar-refractivity contribution in [2.24, 2.45) is 0 Å². The molecule has 0 aromatic carbocycles. The number of carbonyl (C=O) groups is 1. The molecule has 3 rings (SSSR count). The van der Waals surface area contributed by atoms with Crippen LogP contribution >= 0.6 is 0 Å². The Hall–Kier alpha value is -3.05. The van der Waals surface area contributed by atoms with Gasteiger partial charge in [0.15, 0.2) is 0 Å². The van der Waals surface area contributed by atoms with Gasteiger partial charge in [0.05, 0.1) is 22.4 Å². The highest BCUT2D eigenvalue weighted by Gasteiger charge is 2.39. The molecular formula is C14H14F3N5O4. The first kappa shape index (κ1) is 17.8. The van der Waals surface area contributed by atoms with Crippen LogP contribution < -0.4 is 10.2 Å². The topological polar surface area (TPSA) is 124 Å². The molecule has 2 aromatic heterocycles. The first-order chi connectivity index (χ1) is 12.2. The van der Waals surface area contributed by atoms with Crippen LogP contribution in [-0.2, 0) is 6.18 Å². The van der Waals surface area contributed by atoms with Crippen molar-refractivity contribution in [3.63, 3.8) is 0 Å². The molecule has 0 aliphatic carbocycles. The SMILES string of the molecule is O=C(O)N[C@@H]1CCCN(c2c(C(F)(F)F)cnc3[nH]cc([N+](=O)[O-])c23)C1. The molecule has 0 unspecified atom stereocenters. The van der Waals surface area contributed by atoms with Gasteiger partial charge in [-0.15, -0.1) is 0 Å². The lowest BCUT2D eigenvalue weighted by Crippen LogP contribution is -2.48. The summed E-state index contributed by atoms with van der Waals surface area (Å²) in [5.41, 5.74) is -1.99. The minimum absolute atomic E-state index is 0.0309. The van der Waals surface area contributed by atoms with Crippen LogP contribution in [0.1, 0.15) is 18.4 Å². The number of aromatic amines is 1. The normalized spacial score (nSPS) is 18.1. The van der Waals surface area contributed by atoms with Gasteiger partial charge >= 0.3 is 12.3 Å². The van der Waals surface area contributed by atoms with E-state index < -0.39 is 34.5 Å². The highest BCUT2D eigenvalue weighted by molar-refractivity contribution is 5.99. The van der Waals surface area contributed by atoms with Crippen LogP contribution in [0, 0.1) is 10.1 Å². The third-order valence-corrected chi connectivity index (χ3v) is 4.22. The number of nitrogens with zero attached hydrogens (tertiary/aromatic N) is 3. The van der Waals surface area contributed by atoms with Crippen LogP contribution in [0.3, 0.4) is 0 Å². The summed E-state index contributed by atoms with van der Waals surface area (Å²) < 4.78 is 40.6. The van der Waals surface area contributed by atoms with Crippen molar-refractivity contribution < 1.29 is 28.0 Å². The van der Waals surface area contributed by atoms with Gasteiger partial charge in [0.1, 0.15) is 11.0 Å². The van der Waals surface area contributed by atoms with Gasteiger partial charge in [0, 0.05) is 25.3 Å². The van der Waals surface area contributed by atoms with Crippen LogP contribution in [0.4, 0.5) is 29.3 Å². The summed E-state index contributed by atoms with van der Waals surface area (Å²) >= 11 is 0. The zero-order valence-corrected chi connectivity index (χ0v) is 13.2. The van der Waals surface area contributed by atoms with E-state index in [1.165, 1.54) is 4.90 Å². The fraction of sp³-hybridized carbons (Fsp3) is 0.429. The van der Waals surface area contributed by atoms with Gasteiger partial charge in [-0.1, -0.05) is 0 Å². The number of alkyl halides is 3. The van der Waals surface area contributed by atoms with Crippen molar-refractivity contribution in [3.8, 4) is 0 Å². The average Bonchev–Trinajstić information content (AvgIpc) is 2.97. The highest BCUT2D eigenvalue weighted by Crippen LogP contribution is 2.43. The molecule has 12 heteroatoms. The van der Waals surface area contributed by atoms with Crippen LogP contribution in [0.25, 0.3) is 11.0 Å². The number of piperidine rings is 1. The van der Waals surface area contributed by atoms with E-state index in [0.29, 0.717) is 19.0 Å². The number of H-pyrrole nitrogens is 1. The molecule has 1 amide bonds. The van der Waals surface area contributed by atoms with Crippen molar-refractivity contribution >= 4 is 28.5 Å². The van der Waals surface area contributed by atoms with E-state index in [0.717, 1.165) is 6.20 Å². The summed E-state index contributed by atoms with van der Waals surface area (Å²) in [5, 5.41) is 22.1. The third-order valence-electron chi connectivity index (χ3n) is 4.22. The maximum Gasteiger partial charge on any atom is 0.419 e. The minimum Gasteiger partial charge on any atom is -0.465 e. The maximum absolute atomic E-state index is 13.5. The van der Waals surface area contributed by atoms with Crippen LogP contribution in [0.2, 0.25) is 0 Å². The Labute approximate surface area is 144 Å². The summed E-state index contributed by atoms with van der Waals surface area (Å²) in [6.07, 6.45) is -3.52. The molecule has 1 aliphatic rings. The second-order valence-corrected chi connectivity index (χ2v) is 5.91. The smallest absolute Gasteiger partial charge is 0.419 e. The van der Waals surface area contributed by atoms with E-state index >= 15 is 0 Å². The van der Waals surface area contributed by atoms with E-state index in [9.17, 15) is 28.1 Å². The summed E-state index contributed by atoms with van der Waals surface area (Å²) in [5.74, 6) is 0. The largest absolute Gasteiger partial charge is 0.465 e. The van der Waals surface area contributed by atoms with Gasteiger partial charge in [-0.3, -0.25) is 10.1 Å². The second kappa shape index (κ2) is 6.35. The van der Waals surface area contributed by atoms with Crippen LogP contribution in [0.15, 0.2) is 12.4 Å². The molecule has 0 spiro atoms. The number of pyridine rings is 1. The molecule has 0 radical (unpaired) electrons. The van der Waals surface area contributed by atoms with Gasteiger partial charge < -0.3 is 20.3 Å². The van der Waals surface area contributed by atoms with Crippen LogP contribution in [-0.4, -0.2) is 45.2 Å². The highest BCUT2D eigenvalue weighted by atomic mass is 19.4. The Bertz CT molecular complexity index is 866. The van der Waals surface area contributed by atoms with E-state index in [2.05, 4.69) is 15.3 Å². The minimum atomic E-state index is -4.77. The Balaban J connectivity index is 2.16. The van der Waals surface area contributed by atoms with Gasteiger partial charge in [-0.2, -0.15) is 13.2 Å². The molecule has 0 bridgehead atoms. The third kappa shape index (κ3) is 3.21. The fourth-order valence-corrected chi connectivity index (χ4v) is 3.22. The second-order valence-electron chi connectivity index (χ2n) is 5.91. The van der Waals surface area contributed by atoms with E-state index in [-0.39, 0.29) is 29.8 Å². The predicted octanol–water partition coefficient (Wildman–Crippen LogP) is 2.73. The molecule has 0 saturated carbocycles. The Morgan fingerprint density at radius 1 is 1.50 bits per heavy atom. The molecule has 3 heterocycles. The molecule has 1 aliphatic heterocycles. The standard InChI is InChI=1S/C14H14F3N5O4/c15-14(16,17)8-4-18-12-10(9(5-19-12)22(25)26)11(8)21-3-1-2-7(6-21)20-13(23)24/h4-5,7,20H,1-3,6H2,(H,18,19)(H,23,24)/t7-/m1/s1. The Morgan fingerprint density at radius 3 is 2.85 bits per heavy atom. The monoisotopic (exact) mass is 373 g/mol. The van der Waals surface area contributed by atoms with Crippen molar-refractivity contribution in [3.05, 3.63) is 28.1 Å². The van der Waals surface area contributed by atoms with Gasteiger partial charge in [0.2, 0.25) is 0 Å². The number of hydrogen-bond acceptors (Lipinski definition) is 5. The van der Waals surface area contributed by atoms with Crippen molar-refractivity contribution in [2.75, 3.05) is 18.0 Å². The molecule has 26 heavy (non-hydrogen) atoms. The first-order valence-electron chi connectivity index (χ1n) is 7.64. The summed E-state index contributed by atoms with van der Waals surface area (Å²) in [7, 11) is 0. The van der Waals surface area contributed by atoms with E-state index in [1.54, 1.807) is 0 Å². The van der Waals surface area contributed by atoms with E-state index in [4.69, 9.17) is 5.11 Å². The van der Waals surface area contributed by atoms with Crippen molar-refractivity contribution in [2.45, 2.75) is 25.1 Å². The lowest BCUT2D eigenvalue weighted by molar-refractivity contribution is -0.383. The van der Waals surface area contributed by atoms with Gasteiger partial charge in [0.25, 0.3) is 5.69 Å². The Kier molecular flexibility index (Phi) is 4.34. The number of amides is 1. The number of anilines is 1. The lowest BCUT2D eigenvalue weighted by atomic mass is 10.0. The molecular weight excluding hydrogens is 359 g/mol. The van der Waals surface area contributed by atoms with Crippen molar-refractivity contribution in [1.29, 1.82) is 0 Å². The maximum atomic E-state index is 13.5. The fourth-order valence-electron chi connectivity index (χ4n) is 3.22. The number of rotatable bonds is 3. The molecule has 1 atom stereocenters. The number of hydrogen-bond donors (Lipinski definition) is 3. The molecule has 1 saturated heterocycles. The molecule has 140 valence electrons. The quantitative estimate of drug-likeness (QED) is 0.561. The number of fused-ring (bicyclic) bond motifs is 1. The Morgan fingerprint density at radius 2 is 2.23 bits per heavy atom. The van der Waals surface area contributed by atoms with Gasteiger partial charge in [-0.25, -0.2) is 9.78 Å². The zero-order valence-electron chi connectivity index (χ0n) is 13.2. The molecule has 2 aromatic rings. The number of aromatic nitrogens is 2. The number of halogens is 3. The predicted molar refractivity (Wildman–Crippen MR) is 84.1 cm³/mol. The van der Waals surface area contributed by atoms with Crippen molar-refractivity contribution in [1.82, 2.24) is 15.3 Å². The number of carboxylic acid groups (broad SMARTS) is 1. The summed E-state index contributed by atoms with van der Waals surface area (Å²) in [6, 6.07) is -0.580. The molecule has 9 nitrogen and oxygen atoms in total. The lowest BCUT2D eigenvalue weighted by Gasteiger charge is -2.35. The molecule has 3 N–H and O–H groups in total. The average molecular weight is 373 g/mol. The zero-order chi connectivity index (χ0) is 19.1.